The number of hydrogen-bond acceptors (Lipinski definition) is 3. The molecule has 76 valence electrons. The van der Waals surface area contributed by atoms with Crippen molar-refractivity contribution in [3.05, 3.63) is 0 Å². The number of aliphatic imine (C=N–C) groups is 1. The van der Waals surface area contributed by atoms with Gasteiger partial charge in [0.15, 0.2) is 6.29 Å². The van der Waals surface area contributed by atoms with E-state index in [1.807, 2.05) is 6.21 Å². The maximum Gasteiger partial charge on any atom is 0.158 e. The Hall–Kier alpha value is -0.410. The van der Waals surface area contributed by atoms with E-state index in [1.54, 1.807) is 0 Å². The lowest BCUT2D eigenvalue weighted by molar-refractivity contribution is -0.0448. The summed E-state index contributed by atoms with van der Waals surface area (Å²) < 4.78 is 10.6. The molecule has 0 unspecified atom stereocenters. The molecule has 13 heavy (non-hydrogen) atoms. The third kappa shape index (κ3) is 5.01. The SMILES string of the molecule is CC(C)(C)N=CCCC1OCCO1. The van der Waals surface area contributed by atoms with Gasteiger partial charge < -0.3 is 9.47 Å². The van der Waals surface area contributed by atoms with Gasteiger partial charge in [-0.05, 0) is 33.4 Å². The minimum atomic E-state index is 0.00594. The standard InChI is InChI=1S/C10H19NO2/c1-10(2,3)11-6-4-5-9-12-7-8-13-9/h6,9H,4-5,7-8H2,1-3H3. The van der Waals surface area contributed by atoms with E-state index in [1.165, 1.54) is 0 Å². The summed E-state index contributed by atoms with van der Waals surface area (Å²) in [5, 5.41) is 0. The summed E-state index contributed by atoms with van der Waals surface area (Å²) in [5.74, 6) is 0. The average Bonchev–Trinajstić information content (AvgIpc) is 2.48. The van der Waals surface area contributed by atoms with Crippen molar-refractivity contribution in [1.29, 1.82) is 0 Å². The normalized spacial score (nSPS) is 20.2. The molecule has 3 nitrogen and oxygen atoms in total. The summed E-state index contributed by atoms with van der Waals surface area (Å²) in [5.41, 5.74) is 0.0391. The first-order valence-corrected chi connectivity index (χ1v) is 4.85. The highest BCUT2D eigenvalue weighted by Crippen LogP contribution is 2.10. The molecule has 1 saturated heterocycles. The second-order valence-electron chi connectivity index (χ2n) is 4.23. The number of nitrogens with zero attached hydrogens (tertiary/aromatic N) is 1. The zero-order chi connectivity index (χ0) is 9.73. The fraction of sp³-hybridized carbons (Fsp3) is 0.900. The molecule has 0 amide bonds. The highest BCUT2D eigenvalue weighted by molar-refractivity contribution is 5.57. The van der Waals surface area contributed by atoms with Gasteiger partial charge in [-0.2, -0.15) is 0 Å². The predicted molar refractivity (Wildman–Crippen MR) is 53.2 cm³/mol. The van der Waals surface area contributed by atoms with Crippen molar-refractivity contribution in [2.45, 2.75) is 45.4 Å². The predicted octanol–water partition coefficient (Wildman–Crippen LogP) is 2.01. The zero-order valence-corrected chi connectivity index (χ0v) is 8.75. The van der Waals surface area contributed by atoms with Gasteiger partial charge in [0.2, 0.25) is 0 Å². The Labute approximate surface area is 80.1 Å². The van der Waals surface area contributed by atoms with Crippen molar-refractivity contribution in [2.75, 3.05) is 13.2 Å². The van der Waals surface area contributed by atoms with E-state index >= 15 is 0 Å². The van der Waals surface area contributed by atoms with E-state index in [-0.39, 0.29) is 11.8 Å². The molecule has 1 rings (SSSR count). The fourth-order valence-electron chi connectivity index (χ4n) is 1.12. The van der Waals surface area contributed by atoms with Crippen LogP contribution in [0.15, 0.2) is 4.99 Å². The number of ether oxygens (including phenoxy) is 2. The largest absolute Gasteiger partial charge is 0.350 e. The van der Waals surface area contributed by atoms with E-state index < -0.39 is 0 Å². The van der Waals surface area contributed by atoms with Crippen LogP contribution in [0, 0.1) is 0 Å². The Kier molecular flexibility index (Phi) is 3.88. The van der Waals surface area contributed by atoms with Gasteiger partial charge >= 0.3 is 0 Å². The molecule has 0 atom stereocenters. The van der Waals surface area contributed by atoms with Gasteiger partial charge in [0, 0.05) is 6.42 Å². The molecule has 0 radical (unpaired) electrons. The first kappa shape index (κ1) is 10.7. The topological polar surface area (TPSA) is 30.8 Å². The highest BCUT2D eigenvalue weighted by atomic mass is 16.7. The lowest BCUT2D eigenvalue weighted by Crippen LogP contribution is -2.11. The van der Waals surface area contributed by atoms with Crippen molar-refractivity contribution in [2.24, 2.45) is 4.99 Å². The molecule has 0 bridgehead atoms. The second-order valence-corrected chi connectivity index (χ2v) is 4.23. The summed E-state index contributed by atoms with van der Waals surface area (Å²) in [4.78, 5) is 4.38. The first-order chi connectivity index (χ1) is 6.08. The molecular weight excluding hydrogens is 166 g/mol. The highest BCUT2D eigenvalue weighted by Gasteiger charge is 2.14. The summed E-state index contributed by atoms with van der Waals surface area (Å²) in [6.07, 6.45) is 3.82. The van der Waals surface area contributed by atoms with Gasteiger partial charge in [-0.1, -0.05) is 0 Å². The van der Waals surface area contributed by atoms with Crippen LogP contribution in [0.2, 0.25) is 0 Å². The van der Waals surface area contributed by atoms with Gasteiger partial charge in [-0.25, -0.2) is 0 Å². The average molecular weight is 185 g/mol. The van der Waals surface area contributed by atoms with Crippen LogP contribution >= 0.6 is 0 Å². The lowest BCUT2D eigenvalue weighted by Gasteiger charge is -2.11. The van der Waals surface area contributed by atoms with Crippen LogP contribution in [0.3, 0.4) is 0 Å². The van der Waals surface area contributed by atoms with Crippen molar-refractivity contribution in [1.82, 2.24) is 0 Å². The summed E-state index contributed by atoms with van der Waals surface area (Å²) >= 11 is 0. The van der Waals surface area contributed by atoms with E-state index in [4.69, 9.17) is 9.47 Å². The maximum absolute atomic E-state index is 5.30. The lowest BCUT2D eigenvalue weighted by atomic mass is 10.1. The smallest absolute Gasteiger partial charge is 0.158 e. The maximum atomic E-state index is 5.30. The third-order valence-electron chi connectivity index (χ3n) is 1.70. The van der Waals surface area contributed by atoms with Gasteiger partial charge in [0.25, 0.3) is 0 Å². The minimum Gasteiger partial charge on any atom is -0.350 e. The molecule has 0 spiro atoms. The van der Waals surface area contributed by atoms with Crippen molar-refractivity contribution in [3.63, 3.8) is 0 Å². The molecule has 0 aromatic carbocycles. The zero-order valence-electron chi connectivity index (χ0n) is 8.75. The van der Waals surface area contributed by atoms with E-state index in [0.717, 1.165) is 26.1 Å². The molecule has 0 aromatic rings. The van der Waals surface area contributed by atoms with Gasteiger partial charge in [-0.3, -0.25) is 4.99 Å². The van der Waals surface area contributed by atoms with E-state index in [0.29, 0.717) is 0 Å². The van der Waals surface area contributed by atoms with Gasteiger partial charge in [-0.15, -0.1) is 0 Å². The summed E-state index contributed by atoms with van der Waals surface area (Å²) in [7, 11) is 0. The fourth-order valence-corrected chi connectivity index (χ4v) is 1.12. The molecule has 1 heterocycles. The minimum absolute atomic E-state index is 0.00594. The van der Waals surface area contributed by atoms with Crippen molar-refractivity contribution in [3.8, 4) is 0 Å². The van der Waals surface area contributed by atoms with Crippen LogP contribution < -0.4 is 0 Å². The molecule has 3 heteroatoms. The molecule has 0 saturated carbocycles. The van der Waals surface area contributed by atoms with Crippen LogP contribution in [0.25, 0.3) is 0 Å². The third-order valence-corrected chi connectivity index (χ3v) is 1.70. The molecule has 0 N–H and O–H groups in total. The van der Waals surface area contributed by atoms with Crippen LogP contribution in [0.4, 0.5) is 0 Å². The number of hydrogen-bond donors (Lipinski definition) is 0. The van der Waals surface area contributed by atoms with Crippen LogP contribution in [-0.4, -0.2) is 31.3 Å². The van der Waals surface area contributed by atoms with Crippen LogP contribution in [-0.2, 0) is 9.47 Å². The Morgan fingerprint density at radius 2 is 1.92 bits per heavy atom. The van der Waals surface area contributed by atoms with Crippen LogP contribution in [0.5, 0.6) is 0 Å². The van der Waals surface area contributed by atoms with E-state index in [9.17, 15) is 0 Å². The molecule has 0 aromatic heterocycles. The molecule has 1 aliphatic heterocycles. The quantitative estimate of drug-likeness (QED) is 0.630. The monoisotopic (exact) mass is 185 g/mol. The second kappa shape index (κ2) is 4.72. The molecule has 1 fully saturated rings. The molecule has 1 aliphatic rings. The van der Waals surface area contributed by atoms with Crippen molar-refractivity contribution < 1.29 is 9.47 Å². The molecule has 0 aliphatic carbocycles. The Morgan fingerprint density at radius 1 is 1.31 bits per heavy atom. The summed E-state index contributed by atoms with van der Waals surface area (Å²) in [6, 6.07) is 0. The van der Waals surface area contributed by atoms with Gasteiger partial charge in [0.05, 0.1) is 18.8 Å². The Bertz CT molecular complexity index is 166. The van der Waals surface area contributed by atoms with Crippen molar-refractivity contribution >= 4 is 6.21 Å². The summed E-state index contributed by atoms with van der Waals surface area (Å²) in [6.45, 7) is 7.74. The van der Waals surface area contributed by atoms with Crippen LogP contribution in [0.1, 0.15) is 33.6 Å². The molecular formula is C10H19NO2. The number of rotatable bonds is 3. The first-order valence-electron chi connectivity index (χ1n) is 4.85. The van der Waals surface area contributed by atoms with E-state index in [2.05, 4.69) is 25.8 Å². The van der Waals surface area contributed by atoms with Gasteiger partial charge in [0.1, 0.15) is 0 Å². The Morgan fingerprint density at radius 3 is 2.46 bits per heavy atom. The Balaban J connectivity index is 2.09.